The van der Waals surface area contributed by atoms with Crippen LogP contribution in [0.25, 0.3) is 0 Å². The first-order chi connectivity index (χ1) is 8.08. The summed E-state index contributed by atoms with van der Waals surface area (Å²) in [6.07, 6.45) is 0.618. The zero-order chi connectivity index (χ0) is 12.4. The molecule has 0 unspecified atom stereocenters. The predicted octanol–water partition coefficient (Wildman–Crippen LogP) is 1.95. The number of carbonyl (C=O) groups is 1. The van der Waals surface area contributed by atoms with Crippen LogP contribution in [0.3, 0.4) is 0 Å². The summed E-state index contributed by atoms with van der Waals surface area (Å²) < 4.78 is 13.2. The van der Waals surface area contributed by atoms with E-state index in [0.717, 1.165) is 12.1 Å². The molecule has 1 aliphatic heterocycles. The summed E-state index contributed by atoms with van der Waals surface area (Å²) in [5.74, 6) is -1.62. The standard InChI is InChI=1S/C13H16FNO2/c1-15-6-5-11(13(16)17)12(8-15)9-3-2-4-10(14)7-9/h2-4,7,11-12H,5-6,8H2,1H3,(H,16,17)/t11-,12+/m0/s1. The molecule has 0 bridgehead atoms. The number of piperidine rings is 1. The Hall–Kier alpha value is -1.42. The quantitative estimate of drug-likeness (QED) is 0.854. The molecule has 1 aliphatic rings. The first kappa shape index (κ1) is 12.0. The number of likely N-dealkylation sites (tertiary alicyclic amines) is 1. The van der Waals surface area contributed by atoms with Gasteiger partial charge >= 0.3 is 5.97 Å². The maximum Gasteiger partial charge on any atom is 0.307 e. The third kappa shape index (κ3) is 2.64. The van der Waals surface area contributed by atoms with Crippen molar-refractivity contribution in [3.63, 3.8) is 0 Å². The summed E-state index contributed by atoms with van der Waals surface area (Å²) >= 11 is 0. The molecule has 92 valence electrons. The van der Waals surface area contributed by atoms with Gasteiger partial charge in [0.15, 0.2) is 0 Å². The van der Waals surface area contributed by atoms with Crippen LogP contribution in [0.4, 0.5) is 4.39 Å². The van der Waals surface area contributed by atoms with Crippen LogP contribution in [0.5, 0.6) is 0 Å². The van der Waals surface area contributed by atoms with Crippen LogP contribution >= 0.6 is 0 Å². The number of likely N-dealkylation sites (N-methyl/N-ethyl adjacent to an activating group) is 1. The van der Waals surface area contributed by atoms with E-state index >= 15 is 0 Å². The van der Waals surface area contributed by atoms with Crippen LogP contribution in [-0.2, 0) is 4.79 Å². The second kappa shape index (κ2) is 4.84. The molecule has 17 heavy (non-hydrogen) atoms. The lowest BCUT2D eigenvalue weighted by atomic mass is 9.81. The van der Waals surface area contributed by atoms with E-state index < -0.39 is 11.9 Å². The van der Waals surface area contributed by atoms with Crippen molar-refractivity contribution in [1.82, 2.24) is 4.90 Å². The monoisotopic (exact) mass is 237 g/mol. The maximum absolute atomic E-state index is 13.2. The van der Waals surface area contributed by atoms with E-state index in [9.17, 15) is 14.3 Å². The summed E-state index contributed by atoms with van der Waals surface area (Å²) in [6, 6.07) is 6.27. The summed E-state index contributed by atoms with van der Waals surface area (Å²) in [4.78, 5) is 13.3. The minimum absolute atomic E-state index is 0.123. The molecular weight excluding hydrogens is 221 g/mol. The van der Waals surface area contributed by atoms with E-state index in [0.29, 0.717) is 13.0 Å². The molecular formula is C13H16FNO2. The summed E-state index contributed by atoms with van der Waals surface area (Å²) in [7, 11) is 1.96. The second-order valence-corrected chi connectivity index (χ2v) is 4.66. The van der Waals surface area contributed by atoms with Gasteiger partial charge in [0.1, 0.15) is 5.82 Å². The molecule has 1 N–H and O–H groups in total. The highest BCUT2D eigenvalue weighted by molar-refractivity contribution is 5.71. The number of halogens is 1. The van der Waals surface area contributed by atoms with Crippen molar-refractivity contribution >= 4 is 5.97 Å². The van der Waals surface area contributed by atoms with Gasteiger partial charge in [-0.15, -0.1) is 0 Å². The molecule has 0 aliphatic carbocycles. The predicted molar refractivity (Wildman–Crippen MR) is 62.4 cm³/mol. The molecule has 1 aromatic carbocycles. The van der Waals surface area contributed by atoms with Crippen molar-refractivity contribution in [2.75, 3.05) is 20.1 Å². The Balaban J connectivity index is 2.28. The Labute approximate surface area is 99.9 Å². The van der Waals surface area contributed by atoms with E-state index in [1.807, 2.05) is 13.1 Å². The van der Waals surface area contributed by atoms with Crippen LogP contribution in [-0.4, -0.2) is 36.1 Å². The number of nitrogens with zero attached hydrogens (tertiary/aromatic N) is 1. The number of rotatable bonds is 2. The lowest BCUT2D eigenvalue weighted by Gasteiger charge is -2.34. The molecule has 0 amide bonds. The smallest absolute Gasteiger partial charge is 0.307 e. The Bertz CT molecular complexity index is 422. The molecule has 2 atom stereocenters. The third-order valence-corrected chi connectivity index (χ3v) is 3.41. The Kier molecular flexibility index (Phi) is 3.43. The van der Waals surface area contributed by atoms with Gasteiger partial charge in [0.25, 0.3) is 0 Å². The van der Waals surface area contributed by atoms with E-state index in [-0.39, 0.29) is 11.7 Å². The number of hydrogen-bond donors (Lipinski definition) is 1. The van der Waals surface area contributed by atoms with Crippen LogP contribution in [0.15, 0.2) is 24.3 Å². The highest BCUT2D eigenvalue weighted by Crippen LogP contribution is 2.32. The average molecular weight is 237 g/mol. The summed E-state index contributed by atoms with van der Waals surface area (Å²) in [5, 5.41) is 9.21. The molecule has 1 saturated heterocycles. The van der Waals surface area contributed by atoms with Crippen molar-refractivity contribution in [2.24, 2.45) is 5.92 Å². The number of aliphatic carboxylic acids is 1. The summed E-state index contributed by atoms with van der Waals surface area (Å²) in [5.41, 5.74) is 0.781. The summed E-state index contributed by atoms with van der Waals surface area (Å²) in [6.45, 7) is 1.45. The second-order valence-electron chi connectivity index (χ2n) is 4.66. The molecule has 0 spiro atoms. The van der Waals surface area contributed by atoms with Gasteiger partial charge in [0.2, 0.25) is 0 Å². The molecule has 2 rings (SSSR count). The fourth-order valence-corrected chi connectivity index (χ4v) is 2.49. The van der Waals surface area contributed by atoms with Gasteiger partial charge < -0.3 is 10.0 Å². The van der Waals surface area contributed by atoms with Gasteiger partial charge in [-0.3, -0.25) is 4.79 Å². The molecule has 4 heteroatoms. The van der Waals surface area contributed by atoms with Gasteiger partial charge in [0, 0.05) is 12.5 Å². The normalized spacial score (nSPS) is 25.8. The number of carboxylic acid groups (broad SMARTS) is 1. The van der Waals surface area contributed by atoms with Crippen LogP contribution in [0.2, 0.25) is 0 Å². The fourth-order valence-electron chi connectivity index (χ4n) is 2.49. The average Bonchev–Trinajstić information content (AvgIpc) is 2.28. The molecule has 1 heterocycles. The molecule has 3 nitrogen and oxygen atoms in total. The van der Waals surface area contributed by atoms with E-state index in [2.05, 4.69) is 4.90 Å². The third-order valence-electron chi connectivity index (χ3n) is 3.41. The topological polar surface area (TPSA) is 40.5 Å². The largest absolute Gasteiger partial charge is 0.481 e. The van der Waals surface area contributed by atoms with Gasteiger partial charge in [0.05, 0.1) is 5.92 Å². The van der Waals surface area contributed by atoms with E-state index in [1.165, 1.54) is 12.1 Å². The maximum atomic E-state index is 13.2. The fraction of sp³-hybridized carbons (Fsp3) is 0.462. The highest BCUT2D eigenvalue weighted by atomic mass is 19.1. The minimum atomic E-state index is -0.785. The molecule has 0 aromatic heterocycles. The first-order valence-electron chi connectivity index (χ1n) is 5.74. The van der Waals surface area contributed by atoms with Crippen molar-refractivity contribution in [1.29, 1.82) is 0 Å². The molecule has 1 fully saturated rings. The molecule has 1 aromatic rings. The zero-order valence-corrected chi connectivity index (χ0v) is 9.77. The Morgan fingerprint density at radius 1 is 1.53 bits per heavy atom. The molecule has 0 saturated carbocycles. The molecule has 0 radical (unpaired) electrons. The SMILES string of the molecule is CN1CC[C@H](C(=O)O)[C@@H](c2cccc(F)c2)C1. The van der Waals surface area contributed by atoms with Gasteiger partial charge in [-0.25, -0.2) is 4.39 Å². The minimum Gasteiger partial charge on any atom is -0.481 e. The Morgan fingerprint density at radius 2 is 2.29 bits per heavy atom. The lowest BCUT2D eigenvalue weighted by molar-refractivity contribution is -0.144. The Morgan fingerprint density at radius 3 is 2.94 bits per heavy atom. The number of carboxylic acids is 1. The van der Waals surface area contributed by atoms with E-state index in [4.69, 9.17) is 0 Å². The first-order valence-corrected chi connectivity index (χ1v) is 5.74. The van der Waals surface area contributed by atoms with Gasteiger partial charge in [-0.1, -0.05) is 12.1 Å². The van der Waals surface area contributed by atoms with Crippen LogP contribution < -0.4 is 0 Å². The van der Waals surface area contributed by atoms with Crippen molar-refractivity contribution < 1.29 is 14.3 Å². The van der Waals surface area contributed by atoms with Crippen molar-refractivity contribution in [2.45, 2.75) is 12.3 Å². The lowest BCUT2D eigenvalue weighted by Crippen LogP contribution is -2.39. The number of benzene rings is 1. The van der Waals surface area contributed by atoms with E-state index in [1.54, 1.807) is 6.07 Å². The van der Waals surface area contributed by atoms with Crippen molar-refractivity contribution in [3.05, 3.63) is 35.6 Å². The van der Waals surface area contributed by atoms with Crippen LogP contribution in [0.1, 0.15) is 17.9 Å². The van der Waals surface area contributed by atoms with Gasteiger partial charge in [-0.05, 0) is 37.7 Å². The highest BCUT2D eigenvalue weighted by Gasteiger charge is 2.33. The van der Waals surface area contributed by atoms with Crippen LogP contribution in [0, 0.1) is 11.7 Å². The van der Waals surface area contributed by atoms with Gasteiger partial charge in [-0.2, -0.15) is 0 Å². The van der Waals surface area contributed by atoms with Crippen molar-refractivity contribution in [3.8, 4) is 0 Å². The number of hydrogen-bond acceptors (Lipinski definition) is 2. The zero-order valence-electron chi connectivity index (χ0n) is 9.77.